The van der Waals surface area contributed by atoms with E-state index in [9.17, 15) is 0 Å². The molecule has 0 amide bonds. The Morgan fingerprint density at radius 3 is 2.50 bits per heavy atom. The number of benzene rings is 1. The minimum atomic E-state index is 0.544. The highest BCUT2D eigenvalue weighted by Gasteiger charge is 1.96. The van der Waals surface area contributed by atoms with Crippen molar-refractivity contribution in [1.82, 2.24) is 0 Å². The maximum Gasteiger partial charge on any atom is 0.122 e. The number of unbranched alkanes of at least 4 members (excludes halogenated alkanes) is 3. The smallest absolute Gasteiger partial charge is 0.122 e. The summed E-state index contributed by atoms with van der Waals surface area (Å²) in [6, 6.07) is 8.36. The molecule has 2 heteroatoms. The molecule has 0 bridgehead atoms. The minimum absolute atomic E-state index is 0.544. The van der Waals surface area contributed by atoms with Gasteiger partial charge in [0.1, 0.15) is 19.0 Å². The van der Waals surface area contributed by atoms with Crippen LogP contribution in [0.1, 0.15) is 38.2 Å². The highest BCUT2D eigenvalue weighted by molar-refractivity contribution is 5.27. The van der Waals surface area contributed by atoms with Crippen molar-refractivity contribution >= 4 is 0 Å². The molecule has 0 saturated carbocycles. The van der Waals surface area contributed by atoms with Crippen molar-refractivity contribution in [2.24, 2.45) is 0 Å². The Morgan fingerprint density at radius 2 is 1.83 bits per heavy atom. The Hall–Kier alpha value is -1.44. The molecule has 0 fully saturated rings. The van der Waals surface area contributed by atoms with E-state index in [0.717, 1.165) is 5.75 Å². The topological polar surface area (TPSA) is 18.5 Å². The number of aryl methyl sites for hydroxylation is 1. The lowest BCUT2D eigenvalue weighted by atomic mass is 10.1. The van der Waals surface area contributed by atoms with Gasteiger partial charge in [-0.1, -0.05) is 44.9 Å². The van der Waals surface area contributed by atoms with E-state index in [0.29, 0.717) is 13.2 Å². The normalized spacial score (nSPS) is 10.1. The van der Waals surface area contributed by atoms with Crippen LogP contribution in [0, 0.1) is 0 Å². The van der Waals surface area contributed by atoms with E-state index in [1.165, 1.54) is 43.9 Å². The van der Waals surface area contributed by atoms with E-state index < -0.39 is 0 Å². The average Bonchev–Trinajstić information content (AvgIpc) is 2.41. The van der Waals surface area contributed by atoms with Crippen LogP contribution < -0.4 is 4.74 Å². The molecule has 0 radical (unpaired) electrons. The Morgan fingerprint density at radius 1 is 1.06 bits per heavy atom. The fraction of sp³-hybridized carbons (Fsp3) is 0.500. The van der Waals surface area contributed by atoms with Crippen molar-refractivity contribution in [3.8, 4) is 5.75 Å². The summed E-state index contributed by atoms with van der Waals surface area (Å²) in [6.45, 7) is 6.82. The summed E-state index contributed by atoms with van der Waals surface area (Å²) < 4.78 is 10.5. The molecule has 0 spiro atoms. The third-order valence-corrected chi connectivity index (χ3v) is 2.83. The number of ether oxygens (including phenoxy) is 2. The Bertz CT molecular complexity index is 316. The zero-order valence-corrected chi connectivity index (χ0v) is 11.4. The fourth-order valence-electron chi connectivity index (χ4n) is 1.80. The van der Waals surface area contributed by atoms with Gasteiger partial charge in [-0.05, 0) is 30.5 Å². The summed E-state index contributed by atoms with van der Waals surface area (Å²) in [7, 11) is 0. The summed E-state index contributed by atoms with van der Waals surface area (Å²) in [5.41, 5.74) is 1.39. The predicted octanol–water partition coefficient (Wildman–Crippen LogP) is 4.35. The first kappa shape index (κ1) is 14.6. The molecule has 1 rings (SSSR count). The Kier molecular flexibility index (Phi) is 7.78. The quantitative estimate of drug-likeness (QED) is 0.453. The lowest BCUT2D eigenvalue weighted by Gasteiger charge is -2.07. The molecule has 0 atom stereocenters. The van der Waals surface area contributed by atoms with Gasteiger partial charge in [0, 0.05) is 0 Å². The summed E-state index contributed by atoms with van der Waals surface area (Å²) >= 11 is 0. The lowest BCUT2D eigenvalue weighted by Crippen LogP contribution is -2.03. The number of hydrogen-bond donors (Lipinski definition) is 0. The summed E-state index contributed by atoms with van der Waals surface area (Å²) in [4.78, 5) is 0. The molecular weight excluding hydrogens is 224 g/mol. The zero-order valence-electron chi connectivity index (χ0n) is 11.4. The van der Waals surface area contributed by atoms with Crippen molar-refractivity contribution in [1.29, 1.82) is 0 Å². The molecule has 1 aromatic carbocycles. The van der Waals surface area contributed by atoms with Crippen molar-refractivity contribution in [3.05, 3.63) is 42.7 Å². The Balaban J connectivity index is 2.22. The van der Waals surface area contributed by atoms with Gasteiger partial charge in [0.25, 0.3) is 0 Å². The second-order valence-electron chi connectivity index (χ2n) is 4.34. The molecule has 18 heavy (non-hydrogen) atoms. The highest BCUT2D eigenvalue weighted by Crippen LogP contribution is 2.14. The van der Waals surface area contributed by atoms with Crippen LogP contribution >= 0.6 is 0 Å². The molecule has 0 aromatic heterocycles. The van der Waals surface area contributed by atoms with Gasteiger partial charge in [0.2, 0.25) is 0 Å². The van der Waals surface area contributed by atoms with Gasteiger partial charge in [0.15, 0.2) is 0 Å². The van der Waals surface area contributed by atoms with Crippen molar-refractivity contribution in [2.45, 2.75) is 39.0 Å². The van der Waals surface area contributed by atoms with E-state index in [-0.39, 0.29) is 0 Å². The van der Waals surface area contributed by atoms with Crippen LogP contribution in [0.25, 0.3) is 0 Å². The number of hydrogen-bond acceptors (Lipinski definition) is 2. The van der Waals surface area contributed by atoms with Gasteiger partial charge in [-0.2, -0.15) is 0 Å². The van der Waals surface area contributed by atoms with Crippen molar-refractivity contribution in [3.63, 3.8) is 0 Å². The van der Waals surface area contributed by atoms with Crippen LogP contribution in [0.15, 0.2) is 37.1 Å². The van der Waals surface area contributed by atoms with Gasteiger partial charge in [0.05, 0.1) is 6.26 Å². The SMILES string of the molecule is C=COCCOc1ccc(CCCCCC)cc1. The molecule has 0 aliphatic carbocycles. The third kappa shape index (κ3) is 6.33. The molecule has 0 N–H and O–H groups in total. The molecule has 1 aromatic rings. The summed E-state index contributed by atoms with van der Waals surface area (Å²) in [5.74, 6) is 0.903. The second kappa shape index (κ2) is 9.58. The van der Waals surface area contributed by atoms with Crippen molar-refractivity contribution < 1.29 is 9.47 Å². The van der Waals surface area contributed by atoms with Crippen molar-refractivity contribution in [2.75, 3.05) is 13.2 Å². The maximum atomic E-state index is 5.53. The standard InChI is InChI=1S/C16H24O2/c1-3-5-6-7-8-15-9-11-16(12-10-15)18-14-13-17-4-2/h4,9-12H,2-3,5-8,13-14H2,1H3. The minimum Gasteiger partial charge on any atom is -0.498 e. The van der Waals surface area contributed by atoms with Gasteiger partial charge < -0.3 is 9.47 Å². The fourth-order valence-corrected chi connectivity index (χ4v) is 1.80. The second-order valence-corrected chi connectivity index (χ2v) is 4.34. The largest absolute Gasteiger partial charge is 0.498 e. The first-order valence-electron chi connectivity index (χ1n) is 6.81. The van der Waals surface area contributed by atoms with Gasteiger partial charge in [-0.3, -0.25) is 0 Å². The van der Waals surface area contributed by atoms with Crippen LogP contribution in [-0.4, -0.2) is 13.2 Å². The monoisotopic (exact) mass is 248 g/mol. The summed E-state index contributed by atoms with van der Waals surface area (Å²) in [6.07, 6.45) is 7.83. The van der Waals surface area contributed by atoms with Crippen LogP contribution in [0.4, 0.5) is 0 Å². The molecule has 0 aliphatic rings. The molecular formula is C16H24O2. The zero-order chi connectivity index (χ0) is 13.1. The highest BCUT2D eigenvalue weighted by atomic mass is 16.5. The van der Waals surface area contributed by atoms with Crippen LogP contribution in [0.3, 0.4) is 0 Å². The molecule has 0 saturated heterocycles. The van der Waals surface area contributed by atoms with Crippen LogP contribution in [0.5, 0.6) is 5.75 Å². The first-order valence-corrected chi connectivity index (χ1v) is 6.81. The molecule has 0 aliphatic heterocycles. The summed E-state index contributed by atoms with van der Waals surface area (Å²) in [5, 5.41) is 0. The van der Waals surface area contributed by atoms with Crippen LogP contribution in [0.2, 0.25) is 0 Å². The van der Waals surface area contributed by atoms with Gasteiger partial charge in [-0.25, -0.2) is 0 Å². The van der Waals surface area contributed by atoms with E-state index in [4.69, 9.17) is 9.47 Å². The predicted molar refractivity (Wildman–Crippen MR) is 75.9 cm³/mol. The van der Waals surface area contributed by atoms with Crippen LogP contribution in [-0.2, 0) is 11.2 Å². The van der Waals surface area contributed by atoms with E-state index in [2.05, 4.69) is 25.6 Å². The van der Waals surface area contributed by atoms with E-state index in [1.807, 2.05) is 12.1 Å². The third-order valence-electron chi connectivity index (χ3n) is 2.83. The van der Waals surface area contributed by atoms with Gasteiger partial charge >= 0.3 is 0 Å². The van der Waals surface area contributed by atoms with Gasteiger partial charge in [-0.15, -0.1) is 0 Å². The maximum absolute atomic E-state index is 5.53. The molecule has 2 nitrogen and oxygen atoms in total. The average molecular weight is 248 g/mol. The number of rotatable bonds is 10. The molecule has 100 valence electrons. The molecule has 0 unspecified atom stereocenters. The lowest BCUT2D eigenvalue weighted by molar-refractivity contribution is 0.179. The Labute approximate surface area is 111 Å². The molecule has 0 heterocycles. The van der Waals surface area contributed by atoms with E-state index >= 15 is 0 Å². The van der Waals surface area contributed by atoms with E-state index in [1.54, 1.807) is 0 Å². The first-order chi connectivity index (χ1) is 8.86.